The molecule has 0 aliphatic carbocycles. The number of imidazole rings is 1. The fourth-order valence-corrected chi connectivity index (χ4v) is 10.6. The molecule has 2 aromatic heterocycles. The molecule has 28 heteroatoms. The number of guanidine groups is 1. The molecular weight excluding hydrogens is 1150 g/mol. The third kappa shape index (κ3) is 21.1. The molecule has 0 spiro atoms. The van der Waals surface area contributed by atoms with Crippen LogP contribution < -0.4 is 59.3 Å². The highest BCUT2D eigenvalue weighted by Gasteiger charge is 2.40. The summed E-state index contributed by atoms with van der Waals surface area (Å²) in [5.41, 5.74) is 13.3. The lowest BCUT2D eigenvalue weighted by Crippen LogP contribution is -2.61. The number of nitrogens with one attached hydrogen (secondary N) is 11. The highest BCUT2D eigenvalue weighted by molar-refractivity contribution is 5.99. The lowest BCUT2D eigenvalue weighted by atomic mass is 9.99. The standard InChI is InChI=1S/C61H88N16O12/c1-6-65-59(88)50-14-10-26-77(50)60(89)45(13-9-25-66-61(62)63)72-54(83)44(22-16-35(4)5)70-53(82)43(21-15-34(2)3)71-55(84)46(27-36-17-19-39(79)20-18-36)73-58(87)49(32-78)76-56(85)47(28-37-30-67-41-12-8-7-11-40(37)41)74-57(86)48(29-38-31-64-33-68-38)75-52(81)42-23-24-51(80)69-42/h7-8,11-12,17-20,30-31,33-35,42-50,67,78-79H,6,9-10,13-16,21-29,32H2,1-5H3,(H,64,68)(H,65,88)(H,69,80)(H,70,82)(H,71,84)(H,72,83)(H,73,87)(H,74,86)(H,75,81)(H,76,85)(H4,62,63,66)/t42-,43+,44-,45-,46-,47-,48-,49-,50-/m0/s1. The summed E-state index contributed by atoms with van der Waals surface area (Å²) in [5.74, 6) is -6.99. The second-order valence-electron chi connectivity index (χ2n) is 23.5. The molecule has 89 heavy (non-hydrogen) atoms. The minimum absolute atomic E-state index is 0.0230. The number of aliphatic hydroxyl groups is 1. The summed E-state index contributed by atoms with van der Waals surface area (Å²) in [6.45, 7) is 9.27. The SMILES string of the molecule is CCNC(=O)[C@@H]1CCCN1C(=O)[C@H](CCCN=C(N)N)NC(=O)[C@H](CCC(C)C)NC(=O)[C@@H](CCC(C)C)NC(=O)[C@H](Cc1ccc(O)cc1)NC(=O)[C@H](CO)NC(=O)[C@H](Cc1c[nH]c2ccccc12)NC(=O)[C@H](Cc1cnc[nH]1)NC(=O)[C@@H]1CCC(=O)N1. The van der Waals surface area contributed by atoms with Gasteiger partial charge in [0.2, 0.25) is 59.1 Å². The van der Waals surface area contributed by atoms with E-state index in [0.717, 1.165) is 5.52 Å². The number of rotatable bonds is 34. The van der Waals surface area contributed by atoms with Gasteiger partial charge in [-0.05, 0) is 106 Å². The average molecular weight is 1240 g/mol. The second-order valence-corrected chi connectivity index (χ2v) is 23.5. The number of likely N-dealkylation sites (N-methyl/N-ethyl adjacent to an activating group) is 1. The molecular formula is C61H88N16O12. The summed E-state index contributed by atoms with van der Waals surface area (Å²) in [6.07, 6.45) is 6.76. The Morgan fingerprint density at radius 3 is 1.82 bits per heavy atom. The van der Waals surface area contributed by atoms with Crippen molar-refractivity contribution in [1.82, 2.24) is 67.7 Å². The van der Waals surface area contributed by atoms with E-state index in [-0.39, 0.29) is 106 Å². The third-order valence-corrected chi connectivity index (χ3v) is 15.6. The molecule has 0 radical (unpaired) electrons. The molecule has 484 valence electrons. The summed E-state index contributed by atoms with van der Waals surface area (Å²) in [6, 6.07) is 1.65. The van der Waals surface area contributed by atoms with Crippen LogP contribution in [0.5, 0.6) is 5.75 Å². The van der Waals surface area contributed by atoms with Crippen LogP contribution in [0.1, 0.15) is 116 Å². The summed E-state index contributed by atoms with van der Waals surface area (Å²) in [4.78, 5) is 156. The number of aliphatic hydroxyl groups excluding tert-OH is 1. The number of nitrogens with zero attached hydrogens (tertiary/aromatic N) is 3. The number of aromatic hydroxyl groups is 1. The lowest BCUT2D eigenvalue weighted by molar-refractivity contribution is -0.142. The van der Waals surface area contributed by atoms with Crippen molar-refractivity contribution in [3.05, 3.63) is 84.1 Å². The van der Waals surface area contributed by atoms with E-state index in [0.29, 0.717) is 54.4 Å². The molecule has 2 aromatic carbocycles. The molecule has 2 fully saturated rings. The maximum absolute atomic E-state index is 14.8. The molecule has 0 saturated carbocycles. The third-order valence-electron chi connectivity index (χ3n) is 15.6. The number of amides is 10. The normalized spacial score (nSPS) is 17.0. The summed E-state index contributed by atoms with van der Waals surface area (Å²) in [7, 11) is 0. The number of aromatic amines is 2. The first-order chi connectivity index (χ1) is 42.5. The van der Waals surface area contributed by atoms with Crippen LogP contribution in [0.3, 0.4) is 0 Å². The molecule has 0 bridgehead atoms. The second kappa shape index (κ2) is 33.9. The van der Waals surface area contributed by atoms with Gasteiger partial charge in [0.25, 0.3) is 0 Å². The van der Waals surface area contributed by atoms with Crippen molar-refractivity contribution >= 4 is 75.9 Å². The topological polar surface area (TPSA) is 432 Å². The van der Waals surface area contributed by atoms with Crippen LogP contribution in [0.2, 0.25) is 0 Å². The zero-order valence-electron chi connectivity index (χ0n) is 51.2. The van der Waals surface area contributed by atoms with Gasteiger partial charge in [0, 0.05) is 74.3 Å². The Kier molecular flexibility index (Phi) is 26.3. The van der Waals surface area contributed by atoms with Crippen molar-refractivity contribution in [3.63, 3.8) is 0 Å². The molecule has 9 atom stereocenters. The Bertz CT molecular complexity index is 3090. The van der Waals surface area contributed by atoms with Gasteiger partial charge in [-0.3, -0.25) is 52.9 Å². The van der Waals surface area contributed by atoms with Crippen LogP contribution in [0.4, 0.5) is 0 Å². The molecule has 0 unspecified atom stereocenters. The Balaban J connectivity index is 1.24. The van der Waals surface area contributed by atoms with Crippen molar-refractivity contribution in [2.45, 2.75) is 172 Å². The monoisotopic (exact) mass is 1240 g/mol. The van der Waals surface area contributed by atoms with Gasteiger partial charge in [0.05, 0.1) is 12.9 Å². The number of phenolic OH excluding ortho intramolecular Hbond substituents is 1. The predicted molar refractivity (Wildman–Crippen MR) is 329 cm³/mol. The number of carbonyl (C=O) groups is 10. The van der Waals surface area contributed by atoms with Crippen molar-refractivity contribution in [3.8, 4) is 5.75 Å². The van der Waals surface area contributed by atoms with Gasteiger partial charge in [-0.15, -0.1) is 0 Å². The van der Waals surface area contributed by atoms with E-state index in [1.807, 2.05) is 39.8 Å². The number of likely N-dealkylation sites (tertiary alicyclic amines) is 1. The molecule has 10 amide bonds. The van der Waals surface area contributed by atoms with Crippen molar-refractivity contribution < 1.29 is 58.2 Å². The average Bonchev–Trinajstić information content (AvgIpc) is 2.87. The smallest absolute Gasteiger partial charge is 0.245 e. The molecule has 2 aliphatic rings. The molecule has 6 rings (SSSR count). The first kappa shape index (κ1) is 69.0. The fraction of sp³-hybridized carbons (Fsp3) is 0.541. The minimum atomic E-state index is -1.75. The quantitative estimate of drug-likeness (QED) is 0.0157. The van der Waals surface area contributed by atoms with Crippen molar-refractivity contribution in [2.75, 3.05) is 26.2 Å². The Labute approximate surface area is 516 Å². The number of aliphatic imine (C=N–C) groups is 1. The minimum Gasteiger partial charge on any atom is -0.508 e. The van der Waals surface area contributed by atoms with Crippen LogP contribution in [0, 0.1) is 11.8 Å². The number of nitrogens with two attached hydrogens (primary N) is 2. The number of phenols is 1. The van der Waals surface area contributed by atoms with Gasteiger partial charge in [0.1, 0.15) is 60.1 Å². The number of para-hydroxylation sites is 1. The number of hydrogen-bond acceptors (Lipinski definition) is 14. The van der Waals surface area contributed by atoms with Gasteiger partial charge in [-0.25, -0.2) is 4.98 Å². The van der Waals surface area contributed by atoms with Crippen molar-refractivity contribution in [2.24, 2.45) is 28.3 Å². The Morgan fingerprint density at radius 1 is 0.674 bits per heavy atom. The van der Waals surface area contributed by atoms with Gasteiger partial charge in [-0.2, -0.15) is 0 Å². The summed E-state index contributed by atoms with van der Waals surface area (Å²) < 4.78 is 0. The van der Waals surface area contributed by atoms with Crippen LogP contribution in [0.15, 0.2) is 72.2 Å². The zero-order chi connectivity index (χ0) is 64.7. The Hall–Kier alpha value is -9.08. The zero-order valence-corrected chi connectivity index (χ0v) is 51.2. The van der Waals surface area contributed by atoms with E-state index >= 15 is 0 Å². The molecule has 4 heterocycles. The van der Waals surface area contributed by atoms with Gasteiger partial charge < -0.3 is 84.4 Å². The lowest BCUT2D eigenvalue weighted by Gasteiger charge is -2.30. The van der Waals surface area contributed by atoms with E-state index in [1.54, 1.807) is 25.3 Å². The number of hydrogen-bond donors (Lipinski definition) is 15. The molecule has 2 aliphatic heterocycles. The van der Waals surface area contributed by atoms with Gasteiger partial charge in [-0.1, -0.05) is 58.0 Å². The van der Waals surface area contributed by atoms with E-state index in [9.17, 15) is 58.2 Å². The highest BCUT2D eigenvalue weighted by Crippen LogP contribution is 2.23. The number of benzene rings is 2. The van der Waals surface area contributed by atoms with Crippen molar-refractivity contribution in [1.29, 1.82) is 0 Å². The molecule has 28 nitrogen and oxygen atoms in total. The van der Waals surface area contributed by atoms with E-state index in [1.165, 1.54) is 41.7 Å². The maximum Gasteiger partial charge on any atom is 0.245 e. The van der Waals surface area contributed by atoms with Gasteiger partial charge in [0.15, 0.2) is 5.96 Å². The highest BCUT2D eigenvalue weighted by atomic mass is 16.3. The molecule has 4 aromatic rings. The first-order valence-electron chi connectivity index (χ1n) is 30.5. The van der Waals surface area contributed by atoms with Crippen LogP contribution in [-0.2, 0) is 67.2 Å². The fourth-order valence-electron chi connectivity index (χ4n) is 10.6. The largest absolute Gasteiger partial charge is 0.508 e. The summed E-state index contributed by atoms with van der Waals surface area (Å²) in [5, 5.41) is 46.1. The Morgan fingerprint density at radius 2 is 1.25 bits per heavy atom. The molecule has 2 saturated heterocycles. The maximum atomic E-state index is 14.8. The number of fused-ring (bicyclic) bond motifs is 1. The van der Waals surface area contributed by atoms with Crippen LogP contribution in [0.25, 0.3) is 10.9 Å². The van der Waals surface area contributed by atoms with Gasteiger partial charge >= 0.3 is 0 Å². The summed E-state index contributed by atoms with van der Waals surface area (Å²) >= 11 is 0. The van der Waals surface area contributed by atoms with E-state index < -0.39 is 108 Å². The first-order valence-corrected chi connectivity index (χ1v) is 30.5. The number of H-pyrrole nitrogens is 2. The predicted octanol–water partition coefficient (Wildman–Crippen LogP) is -0.658. The number of aromatic nitrogens is 3. The molecule has 17 N–H and O–H groups in total. The van der Waals surface area contributed by atoms with E-state index in [2.05, 4.69) is 67.8 Å². The van der Waals surface area contributed by atoms with Crippen LogP contribution in [-0.4, -0.2) is 176 Å². The van der Waals surface area contributed by atoms with Crippen LogP contribution >= 0.6 is 0 Å². The van der Waals surface area contributed by atoms with E-state index in [4.69, 9.17) is 11.5 Å². The number of carbonyl (C=O) groups excluding carboxylic acids is 10.